The van der Waals surface area contributed by atoms with Gasteiger partial charge < -0.3 is 5.32 Å². The maximum atomic E-state index is 13.4. The number of nitrogens with one attached hydrogen (secondary N) is 1. The smallest absolute Gasteiger partial charge is 0.261 e. The number of rotatable bonds is 8. The van der Waals surface area contributed by atoms with Crippen LogP contribution in [0.25, 0.3) is 10.9 Å². The molecule has 0 spiro atoms. The molecule has 7 heteroatoms. The molecule has 0 atom stereocenters. The van der Waals surface area contributed by atoms with Gasteiger partial charge in [0.15, 0.2) is 0 Å². The summed E-state index contributed by atoms with van der Waals surface area (Å²) in [5.41, 5.74) is 2.17. The van der Waals surface area contributed by atoms with Gasteiger partial charge in [-0.1, -0.05) is 38.1 Å². The highest BCUT2D eigenvalue weighted by Crippen LogP contribution is 2.12. The summed E-state index contributed by atoms with van der Waals surface area (Å²) in [5.74, 6) is -0.814. The summed E-state index contributed by atoms with van der Waals surface area (Å²) in [6.07, 6.45) is 1.32. The van der Waals surface area contributed by atoms with Crippen LogP contribution >= 0.6 is 0 Å². The monoisotopic (exact) mass is 396 g/mol. The molecule has 0 saturated carbocycles. The van der Waals surface area contributed by atoms with E-state index in [9.17, 15) is 14.0 Å². The first kappa shape index (κ1) is 20.7. The van der Waals surface area contributed by atoms with Crippen molar-refractivity contribution in [3.63, 3.8) is 0 Å². The predicted molar refractivity (Wildman–Crippen MR) is 111 cm³/mol. The van der Waals surface area contributed by atoms with E-state index in [0.717, 1.165) is 36.8 Å². The van der Waals surface area contributed by atoms with Gasteiger partial charge in [-0.25, -0.2) is 9.37 Å². The molecule has 2 aromatic carbocycles. The van der Waals surface area contributed by atoms with Gasteiger partial charge in [0.1, 0.15) is 12.4 Å². The lowest BCUT2D eigenvalue weighted by molar-refractivity contribution is -0.121. The molecule has 0 bridgehead atoms. The lowest BCUT2D eigenvalue weighted by Crippen LogP contribution is -2.32. The summed E-state index contributed by atoms with van der Waals surface area (Å²) in [4.78, 5) is 31.3. The average molecular weight is 396 g/mol. The van der Waals surface area contributed by atoms with E-state index in [1.807, 2.05) is 18.2 Å². The van der Waals surface area contributed by atoms with Gasteiger partial charge >= 0.3 is 0 Å². The lowest BCUT2D eigenvalue weighted by atomic mass is 10.1. The maximum absolute atomic E-state index is 13.4. The first-order chi connectivity index (χ1) is 14.0. The molecule has 0 aliphatic heterocycles. The molecule has 3 rings (SSSR count). The Morgan fingerprint density at radius 3 is 2.59 bits per heavy atom. The number of benzene rings is 2. The highest BCUT2D eigenvalue weighted by molar-refractivity contribution is 5.79. The molecule has 0 aliphatic carbocycles. The second-order valence-corrected chi connectivity index (χ2v) is 6.85. The number of aromatic nitrogens is 2. The number of amides is 1. The second-order valence-electron chi connectivity index (χ2n) is 6.85. The second kappa shape index (κ2) is 9.43. The number of carbonyl (C=O) groups excluding carboxylic acids is 1. The fraction of sp³-hybridized carbons (Fsp3) is 0.318. The van der Waals surface area contributed by atoms with Crippen LogP contribution in [0.3, 0.4) is 0 Å². The Hall–Kier alpha value is -3.06. The molecule has 0 fully saturated rings. The largest absolute Gasteiger partial charge is 0.350 e. The molecule has 1 heterocycles. The molecule has 1 N–H and O–H groups in total. The highest BCUT2D eigenvalue weighted by Gasteiger charge is 2.11. The van der Waals surface area contributed by atoms with Crippen molar-refractivity contribution in [2.24, 2.45) is 0 Å². The summed E-state index contributed by atoms with van der Waals surface area (Å²) in [7, 11) is 0. The number of halogens is 1. The van der Waals surface area contributed by atoms with E-state index in [1.165, 1.54) is 23.0 Å². The Labute approximate surface area is 169 Å². The van der Waals surface area contributed by atoms with Crippen LogP contribution in [0.5, 0.6) is 0 Å². The van der Waals surface area contributed by atoms with Crippen LogP contribution in [-0.4, -0.2) is 33.4 Å². The number of hydrogen-bond donors (Lipinski definition) is 1. The van der Waals surface area contributed by atoms with Gasteiger partial charge in [-0.2, -0.15) is 0 Å². The Morgan fingerprint density at radius 2 is 1.86 bits per heavy atom. The maximum Gasteiger partial charge on any atom is 0.261 e. The molecule has 152 valence electrons. The summed E-state index contributed by atoms with van der Waals surface area (Å²) in [6.45, 7) is 7.17. The highest BCUT2D eigenvalue weighted by atomic mass is 19.1. The van der Waals surface area contributed by atoms with Crippen molar-refractivity contribution in [3.8, 4) is 0 Å². The van der Waals surface area contributed by atoms with E-state index < -0.39 is 11.4 Å². The van der Waals surface area contributed by atoms with Gasteiger partial charge in [-0.15, -0.1) is 0 Å². The van der Waals surface area contributed by atoms with Crippen molar-refractivity contribution in [3.05, 3.63) is 76.1 Å². The van der Waals surface area contributed by atoms with Crippen LogP contribution in [0.2, 0.25) is 0 Å². The number of nitrogens with zero attached hydrogens (tertiary/aromatic N) is 3. The van der Waals surface area contributed by atoms with Gasteiger partial charge in [0.05, 0.1) is 17.2 Å². The minimum Gasteiger partial charge on any atom is -0.350 e. The van der Waals surface area contributed by atoms with Gasteiger partial charge in [0.25, 0.3) is 5.56 Å². The van der Waals surface area contributed by atoms with Gasteiger partial charge in [0, 0.05) is 13.1 Å². The Morgan fingerprint density at radius 1 is 1.14 bits per heavy atom. The Kier molecular flexibility index (Phi) is 6.72. The molecule has 29 heavy (non-hydrogen) atoms. The summed E-state index contributed by atoms with van der Waals surface area (Å²) < 4.78 is 14.6. The fourth-order valence-electron chi connectivity index (χ4n) is 3.22. The Balaban J connectivity index is 1.69. The van der Waals surface area contributed by atoms with E-state index >= 15 is 0 Å². The van der Waals surface area contributed by atoms with E-state index in [4.69, 9.17) is 0 Å². The van der Waals surface area contributed by atoms with Crippen molar-refractivity contribution >= 4 is 16.8 Å². The van der Waals surface area contributed by atoms with Crippen LogP contribution in [0.1, 0.15) is 25.0 Å². The fourth-order valence-corrected chi connectivity index (χ4v) is 3.22. The molecule has 3 aromatic rings. The number of fused-ring (bicyclic) bond motifs is 1. The summed E-state index contributed by atoms with van der Waals surface area (Å²) >= 11 is 0. The SMILES string of the molecule is CCN(CC)Cc1ccccc1CNC(=O)Cn1cnc2ccc(F)cc2c1=O. The molecule has 0 radical (unpaired) electrons. The van der Waals surface area contributed by atoms with E-state index in [-0.39, 0.29) is 17.8 Å². The third kappa shape index (κ3) is 5.06. The van der Waals surface area contributed by atoms with Crippen molar-refractivity contribution in [2.75, 3.05) is 13.1 Å². The standard InChI is InChI=1S/C22H25FN4O2/c1-3-26(4-2)13-17-8-6-5-7-16(17)12-24-21(28)14-27-15-25-20-10-9-18(23)11-19(20)22(27)29/h5-11,15H,3-4,12-14H2,1-2H3,(H,24,28). The summed E-state index contributed by atoms with van der Waals surface area (Å²) in [6, 6.07) is 11.8. The quantitative estimate of drug-likeness (QED) is 0.636. The zero-order valence-electron chi connectivity index (χ0n) is 16.7. The van der Waals surface area contributed by atoms with E-state index in [2.05, 4.69) is 35.1 Å². The molecule has 1 amide bonds. The lowest BCUT2D eigenvalue weighted by Gasteiger charge is -2.20. The average Bonchev–Trinajstić information content (AvgIpc) is 2.73. The van der Waals surface area contributed by atoms with Crippen LogP contribution < -0.4 is 10.9 Å². The first-order valence-electron chi connectivity index (χ1n) is 9.72. The third-order valence-corrected chi connectivity index (χ3v) is 4.98. The van der Waals surface area contributed by atoms with Crippen molar-refractivity contribution < 1.29 is 9.18 Å². The van der Waals surface area contributed by atoms with Gasteiger partial charge in [0.2, 0.25) is 5.91 Å². The summed E-state index contributed by atoms with van der Waals surface area (Å²) in [5, 5.41) is 3.02. The first-order valence-corrected chi connectivity index (χ1v) is 9.72. The molecule has 0 unspecified atom stereocenters. The number of carbonyl (C=O) groups is 1. The normalized spacial score (nSPS) is 11.2. The van der Waals surface area contributed by atoms with Crippen molar-refractivity contribution in [1.82, 2.24) is 19.8 Å². The molecule has 6 nitrogen and oxygen atoms in total. The molecule has 0 saturated heterocycles. The predicted octanol–water partition coefficient (Wildman–Crippen LogP) is 2.69. The minimum atomic E-state index is -0.511. The molecule has 0 aliphatic rings. The van der Waals surface area contributed by atoms with E-state index in [0.29, 0.717) is 12.1 Å². The number of hydrogen-bond acceptors (Lipinski definition) is 4. The van der Waals surface area contributed by atoms with Crippen LogP contribution in [0, 0.1) is 5.82 Å². The van der Waals surface area contributed by atoms with Crippen LogP contribution in [0.4, 0.5) is 4.39 Å². The molecule has 1 aromatic heterocycles. The van der Waals surface area contributed by atoms with Crippen molar-refractivity contribution in [1.29, 1.82) is 0 Å². The minimum absolute atomic E-state index is 0.157. The third-order valence-electron chi connectivity index (χ3n) is 4.98. The topological polar surface area (TPSA) is 67.2 Å². The Bertz CT molecular complexity index is 1060. The molecular formula is C22H25FN4O2. The van der Waals surface area contributed by atoms with Crippen LogP contribution in [-0.2, 0) is 24.4 Å². The zero-order chi connectivity index (χ0) is 20.8. The zero-order valence-corrected chi connectivity index (χ0v) is 16.7. The van der Waals surface area contributed by atoms with Gasteiger partial charge in [-0.05, 0) is 42.4 Å². The van der Waals surface area contributed by atoms with Crippen molar-refractivity contribution in [2.45, 2.75) is 33.5 Å². The van der Waals surface area contributed by atoms with Gasteiger partial charge in [-0.3, -0.25) is 19.1 Å². The molecular weight excluding hydrogens is 371 g/mol. The van der Waals surface area contributed by atoms with E-state index in [1.54, 1.807) is 0 Å². The van der Waals surface area contributed by atoms with Crippen LogP contribution in [0.15, 0.2) is 53.6 Å².